The van der Waals surface area contributed by atoms with Gasteiger partial charge in [-0.3, -0.25) is 4.98 Å². The van der Waals surface area contributed by atoms with Crippen molar-refractivity contribution in [2.75, 3.05) is 5.32 Å². The van der Waals surface area contributed by atoms with Crippen molar-refractivity contribution in [1.82, 2.24) is 15.0 Å². The van der Waals surface area contributed by atoms with E-state index in [4.69, 9.17) is 11.6 Å². The molecule has 5 aromatic rings. The van der Waals surface area contributed by atoms with Crippen LogP contribution in [0.3, 0.4) is 0 Å². The number of ether oxygens (including phenoxy) is 1. The Morgan fingerprint density at radius 1 is 0.925 bits per heavy atom. The standard InChI is InChI=1S/C28H19ClF6N4O/c29-18-6-9-24(36-15-18)27(14-16-4-2-1-3-5-16,39-26-37-22-8-7-19(30)13-23(22)38-26)17-10-20(31)12-21(11-17)40-28(34,35)25(32)33/h1-13,15,25H,14H2,(H2,37,38,39). The number of fused-ring (bicyclic) bond motifs is 1. The summed E-state index contributed by atoms with van der Waals surface area (Å²) in [5.41, 5.74) is 0.154. The summed E-state index contributed by atoms with van der Waals surface area (Å²) in [5.74, 6) is -2.26. The molecule has 5 rings (SSSR count). The topological polar surface area (TPSA) is 62.8 Å². The largest absolute Gasteiger partial charge is 0.461 e. The normalized spacial score (nSPS) is 13.4. The van der Waals surface area contributed by atoms with Crippen molar-refractivity contribution in [2.45, 2.75) is 24.5 Å². The van der Waals surface area contributed by atoms with E-state index in [1.165, 1.54) is 30.5 Å². The first kappa shape index (κ1) is 27.3. The summed E-state index contributed by atoms with van der Waals surface area (Å²) < 4.78 is 86.5. The summed E-state index contributed by atoms with van der Waals surface area (Å²) in [5, 5.41) is 3.48. The molecule has 0 saturated heterocycles. The van der Waals surface area contributed by atoms with Gasteiger partial charge in [0.25, 0.3) is 0 Å². The average Bonchev–Trinajstić information content (AvgIpc) is 3.29. The maximum atomic E-state index is 15.0. The van der Waals surface area contributed by atoms with Crippen LogP contribution in [0.2, 0.25) is 5.02 Å². The molecule has 2 heterocycles. The molecule has 0 radical (unpaired) electrons. The predicted molar refractivity (Wildman–Crippen MR) is 138 cm³/mol. The number of H-pyrrole nitrogens is 1. The molecule has 0 spiro atoms. The number of nitrogens with zero attached hydrogens (tertiary/aromatic N) is 2. The van der Waals surface area contributed by atoms with Gasteiger partial charge in [-0.1, -0.05) is 41.9 Å². The summed E-state index contributed by atoms with van der Waals surface area (Å²) in [7, 11) is 0. The highest BCUT2D eigenvalue weighted by atomic mass is 35.5. The van der Waals surface area contributed by atoms with Gasteiger partial charge in [0.05, 0.1) is 21.7 Å². The zero-order valence-corrected chi connectivity index (χ0v) is 21.1. The van der Waals surface area contributed by atoms with Crippen molar-refractivity contribution in [1.29, 1.82) is 0 Å². The minimum Gasteiger partial charge on any atom is -0.428 e. The van der Waals surface area contributed by atoms with E-state index in [1.807, 2.05) is 0 Å². The number of imidazole rings is 1. The minimum absolute atomic E-state index is 0.00196. The Hall–Kier alpha value is -4.25. The first-order valence-electron chi connectivity index (χ1n) is 11.8. The molecule has 0 amide bonds. The molecule has 0 saturated carbocycles. The van der Waals surface area contributed by atoms with Crippen LogP contribution in [0, 0.1) is 11.6 Å². The molecule has 2 aromatic heterocycles. The quantitative estimate of drug-likeness (QED) is 0.176. The van der Waals surface area contributed by atoms with Crippen molar-refractivity contribution in [3.8, 4) is 5.75 Å². The van der Waals surface area contributed by atoms with Crippen molar-refractivity contribution in [2.24, 2.45) is 0 Å². The van der Waals surface area contributed by atoms with Crippen molar-refractivity contribution < 1.29 is 31.1 Å². The Bertz CT molecular complexity index is 1630. The first-order valence-corrected chi connectivity index (χ1v) is 12.2. The number of rotatable bonds is 9. The second kappa shape index (κ2) is 10.7. The van der Waals surface area contributed by atoms with Gasteiger partial charge in [-0.05, 0) is 53.6 Å². The molecule has 0 aliphatic carbocycles. The third kappa shape index (κ3) is 5.69. The van der Waals surface area contributed by atoms with E-state index < -0.39 is 35.5 Å². The number of anilines is 1. The highest BCUT2D eigenvalue weighted by Gasteiger charge is 2.45. The van der Waals surface area contributed by atoms with Gasteiger partial charge in [0.2, 0.25) is 5.95 Å². The number of aromatic nitrogens is 3. The summed E-state index contributed by atoms with van der Waals surface area (Å²) in [6, 6.07) is 18.5. The van der Waals surface area contributed by atoms with E-state index in [-0.39, 0.29) is 28.6 Å². The molecular formula is C28H19ClF6N4O. The smallest absolute Gasteiger partial charge is 0.428 e. The average molecular weight is 577 g/mol. The maximum absolute atomic E-state index is 15.0. The molecule has 206 valence electrons. The van der Waals surface area contributed by atoms with Crippen LogP contribution in [-0.4, -0.2) is 27.5 Å². The fourth-order valence-electron chi connectivity index (χ4n) is 4.36. The van der Waals surface area contributed by atoms with Gasteiger partial charge < -0.3 is 15.0 Å². The summed E-state index contributed by atoms with van der Waals surface area (Å²) in [6.45, 7) is 0. The van der Waals surface area contributed by atoms with Crippen LogP contribution in [0.1, 0.15) is 16.8 Å². The molecule has 3 aromatic carbocycles. The van der Waals surface area contributed by atoms with Crippen LogP contribution < -0.4 is 10.1 Å². The number of pyridine rings is 1. The van der Waals surface area contributed by atoms with E-state index in [2.05, 4.69) is 25.0 Å². The molecule has 0 fully saturated rings. The molecule has 2 N–H and O–H groups in total. The van der Waals surface area contributed by atoms with Gasteiger partial charge in [-0.2, -0.15) is 17.6 Å². The molecule has 0 aliphatic rings. The van der Waals surface area contributed by atoms with Gasteiger partial charge in [-0.25, -0.2) is 13.8 Å². The molecule has 5 nitrogen and oxygen atoms in total. The fraction of sp³-hybridized carbons (Fsp3) is 0.143. The van der Waals surface area contributed by atoms with Crippen LogP contribution in [-0.2, 0) is 12.0 Å². The summed E-state index contributed by atoms with van der Waals surface area (Å²) in [4.78, 5) is 11.8. The Kier molecular flexibility index (Phi) is 7.33. The second-order valence-corrected chi connectivity index (χ2v) is 9.38. The fourth-order valence-corrected chi connectivity index (χ4v) is 4.48. The Morgan fingerprint density at radius 3 is 2.40 bits per heavy atom. The zero-order chi connectivity index (χ0) is 28.5. The molecule has 40 heavy (non-hydrogen) atoms. The highest BCUT2D eigenvalue weighted by molar-refractivity contribution is 6.30. The van der Waals surface area contributed by atoms with Crippen molar-refractivity contribution >= 4 is 28.6 Å². The Labute approximate surface area is 228 Å². The molecule has 0 bridgehead atoms. The minimum atomic E-state index is -4.87. The number of nitrogens with one attached hydrogen (secondary N) is 2. The number of hydrogen-bond donors (Lipinski definition) is 2. The zero-order valence-electron chi connectivity index (χ0n) is 20.3. The van der Waals surface area contributed by atoms with E-state index in [0.717, 1.165) is 12.1 Å². The van der Waals surface area contributed by atoms with Crippen LogP contribution in [0.25, 0.3) is 11.0 Å². The number of hydrogen-bond acceptors (Lipinski definition) is 4. The van der Waals surface area contributed by atoms with Crippen LogP contribution >= 0.6 is 11.6 Å². The van der Waals surface area contributed by atoms with E-state index in [1.54, 1.807) is 36.4 Å². The number of benzene rings is 3. The predicted octanol–water partition coefficient (Wildman–Crippen LogP) is 7.72. The molecular weight excluding hydrogens is 558 g/mol. The van der Waals surface area contributed by atoms with Gasteiger partial charge in [0, 0.05) is 18.7 Å². The number of alkyl halides is 4. The van der Waals surface area contributed by atoms with Gasteiger partial charge in [0.1, 0.15) is 22.9 Å². The van der Waals surface area contributed by atoms with Crippen LogP contribution in [0.4, 0.5) is 32.3 Å². The molecule has 12 heteroatoms. The highest BCUT2D eigenvalue weighted by Crippen LogP contribution is 2.39. The lowest BCUT2D eigenvalue weighted by atomic mass is 9.80. The lowest BCUT2D eigenvalue weighted by Gasteiger charge is -2.35. The van der Waals surface area contributed by atoms with Crippen LogP contribution in [0.5, 0.6) is 5.75 Å². The number of aromatic amines is 1. The Balaban J connectivity index is 1.73. The Morgan fingerprint density at radius 2 is 1.70 bits per heavy atom. The first-order chi connectivity index (χ1) is 19.0. The second-order valence-electron chi connectivity index (χ2n) is 8.94. The number of halogens is 7. The van der Waals surface area contributed by atoms with E-state index in [9.17, 15) is 26.3 Å². The molecule has 1 unspecified atom stereocenters. The molecule has 1 atom stereocenters. The molecule has 0 aliphatic heterocycles. The lowest BCUT2D eigenvalue weighted by Crippen LogP contribution is -2.41. The third-order valence-corrected chi connectivity index (χ3v) is 6.35. The monoisotopic (exact) mass is 576 g/mol. The van der Waals surface area contributed by atoms with Crippen molar-refractivity contribution in [3.63, 3.8) is 0 Å². The van der Waals surface area contributed by atoms with Gasteiger partial charge in [-0.15, -0.1) is 0 Å². The van der Waals surface area contributed by atoms with Gasteiger partial charge >= 0.3 is 12.5 Å². The summed E-state index contributed by atoms with van der Waals surface area (Å²) in [6.07, 6.45) is -7.64. The van der Waals surface area contributed by atoms with E-state index in [0.29, 0.717) is 22.7 Å². The maximum Gasteiger partial charge on any atom is 0.461 e. The lowest BCUT2D eigenvalue weighted by molar-refractivity contribution is -0.253. The van der Waals surface area contributed by atoms with Crippen LogP contribution in [0.15, 0.2) is 85.1 Å². The third-order valence-electron chi connectivity index (χ3n) is 6.12. The van der Waals surface area contributed by atoms with Gasteiger partial charge in [0.15, 0.2) is 0 Å². The van der Waals surface area contributed by atoms with Crippen molar-refractivity contribution in [3.05, 3.63) is 119 Å². The summed E-state index contributed by atoms with van der Waals surface area (Å²) >= 11 is 6.08. The van der Waals surface area contributed by atoms with E-state index >= 15 is 0 Å². The SMILES string of the molecule is Fc1cc(OC(F)(F)C(F)F)cc(C(Cc2ccccc2)(Nc2nc3ccc(F)cc3[nH]2)c2ccc(Cl)cn2)c1.